The molecule has 0 amide bonds. The van der Waals surface area contributed by atoms with E-state index in [4.69, 9.17) is 5.73 Å². The van der Waals surface area contributed by atoms with Crippen LogP contribution < -0.4 is 5.73 Å². The number of aromatic hydroxyl groups is 2. The number of aryl methyl sites for hydroxylation is 1. The molecule has 0 saturated heterocycles. The van der Waals surface area contributed by atoms with Gasteiger partial charge in [-0.3, -0.25) is 9.98 Å². The number of nitrogens with two attached hydrogens (primary N) is 1. The first kappa shape index (κ1) is 20.2. The molecule has 0 spiro atoms. The third-order valence-corrected chi connectivity index (χ3v) is 3.43. The Bertz CT molecular complexity index is 757. The van der Waals surface area contributed by atoms with Gasteiger partial charge in [0.25, 0.3) is 0 Å². The van der Waals surface area contributed by atoms with Crippen LogP contribution in [0.25, 0.3) is 5.70 Å². The van der Waals surface area contributed by atoms with Crippen molar-refractivity contribution in [1.82, 2.24) is 4.98 Å². The van der Waals surface area contributed by atoms with Crippen molar-refractivity contribution in [1.29, 1.82) is 0 Å². The predicted molar refractivity (Wildman–Crippen MR) is 104 cm³/mol. The van der Waals surface area contributed by atoms with Gasteiger partial charge in [0.2, 0.25) is 0 Å². The minimum absolute atomic E-state index is 0.00511. The number of phenolic OH excluding ortho intramolecular Hbond substituents is 2. The first-order valence-electron chi connectivity index (χ1n) is 8.55. The Balaban J connectivity index is 0.000000730. The highest BCUT2D eigenvalue weighted by molar-refractivity contribution is 6.18. The normalized spacial score (nSPS) is 12.2. The number of hydrogen-bond acceptors (Lipinski definition) is 5. The van der Waals surface area contributed by atoms with E-state index in [0.717, 1.165) is 16.7 Å². The zero-order valence-corrected chi connectivity index (χ0v) is 15.5. The van der Waals surface area contributed by atoms with Crippen LogP contribution in [0.1, 0.15) is 49.9 Å². The largest absolute Gasteiger partial charge is 0.507 e. The van der Waals surface area contributed by atoms with Crippen LogP contribution in [0.5, 0.6) is 11.5 Å². The number of benzene rings is 1. The van der Waals surface area contributed by atoms with Crippen molar-refractivity contribution in [3.63, 3.8) is 0 Å². The molecule has 4 N–H and O–H groups in total. The second-order valence-electron chi connectivity index (χ2n) is 4.95. The van der Waals surface area contributed by atoms with Crippen LogP contribution in [0.2, 0.25) is 0 Å². The van der Waals surface area contributed by atoms with Gasteiger partial charge in [-0.2, -0.15) is 0 Å². The Morgan fingerprint density at radius 1 is 1.00 bits per heavy atom. The van der Waals surface area contributed by atoms with Gasteiger partial charge in [0.05, 0.1) is 17.8 Å². The van der Waals surface area contributed by atoms with Crippen LogP contribution in [-0.2, 0) is 0 Å². The van der Waals surface area contributed by atoms with Crippen molar-refractivity contribution in [2.24, 2.45) is 10.7 Å². The molecule has 0 saturated carbocycles. The molecule has 0 radical (unpaired) electrons. The van der Waals surface area contributed by atoms with Crippen LogP contribution >= 0.6 is 0 Å². The zero-order valence-electron chi connectivity index (χ0n) is 15.5. The summed E-state index contributed by atoms with van der Waals surface area (Å²) in [5, 5.41) is 20.4. The van der Waals surface area contributed by atoms with E-state index in [-0.39, 0.29) is 11.5 Å². The minimum atomic E-state index is -0.00511. The Labute approximate surface area is 149 Å². The molecule has 1 aliphatic rings. The van der Waals surface area contributed by atoms with Crippen molar-refractivity contribution in [3.8, 4) is 11.5 Å². The van der Waals surface area contributed by atoms with E-state index in [9.17, 15) is 10.2 Å². The topological polar surface area (TPSA) is 91.7 Å². The fourth-order valence-electron chi connectivity index (χ4n) is 2.47. The molecule has 134 valence electrons. The van der Waals surface area contributed by atoms with Gasteiger partial charge in [-0.25, -0.2) is 0 Å². The molecule has 1 aromatic heterocycles. The Morgan fingerprint density at radius 3 is 2.20 bits per heavy atom. The van der Waals surface area contributed by atoms with Crippen molar-refractivity contribution in [2.45, 2.75) is 34.6 Å². The van der Waals surface area contributed by atoms with Gasteiger partial charge in [0, 0.05) is 29.2 Å². The van der Waals surface area contributed by atoms with E-state index in [2.05, 4.69) is 9.98 Å². The highest BCUT2D eigenvalue weighted by Gasteiger charge is 2.21. The quantitative estimate of drug-likeness (QED) is 0.731. The smallest absolute Gasteiger partial charge is 0.128 e. The van der Waals surface area contributed by atoms with E-state index in [1.54, 1.807) is 43.6 Å². The molecule has 0 bridgehead atoms. The lowest BCUT2D eigenvalue weighted by molar-refractivity contribution is 0.448. The van der Waals surface area contributed by atoms with Crippen molar-refractivity contribution in [3.05, 3.63) is 58.9 Å². The lowest BCUT2D eigenvalue weighted by atomic mass is 9.96. The van der Waals surface area contributed by atoms with Crippen molar-refractivity contribution < 1.29 is 10.2 Å². The van der Waals surface area contributed by atoms with Crippen LogP contribution in [-0.4, -0.2) is 27.5 Å². The number of phenols is 2. The standard InChI is InChI=1S/C16H15N3O2.2C2H6/c1-9-6-13(20)15(14(21)7-9)16-10-2-4-18-8-11(10)12(17)3-5-19-16;2*1-2/h2-4,6-8,20-21H,5,17H2,1H3;2*1-2H3. The molecule has 5 heteroatoms. The lowest BCUT2D eigenvalue weighted by Crippen LogP contribution is -2.09. The van der Waals surface area contributed by atoms with E-state index < -0.39 is 0 Å². The number of aromatic nitrogens is 1. The van der Waals surface area contributed by atoms with Gasteiger partial charge in [-0.05, 0) is 36.8 Å². The van der Waals surface area contributed by atoms with Gasteiger partial charge in [-0.1, -0.05) is 27.7 Å². The summed E-state index contributed by atoms with van der Waals surface area (Å²) in [5.74, 6) is -0.0102. The molecule has 2 heterocycles. The fraction of sp³-hybridized carbons (Fsp3) is 0.300. The van der Waals surface area contributed by atoms with E-state index in [0.29, 0.717) is 23.5 Å². The SMILES string of the molecule is CC.CC.Cc1cc(O)c(C2=NCC=C(N)c3cnccc32)c(O)c1. The maximum absolute atomic E-state index is 10.2. The zero-order chi connectivity index (χ0) is 19.0. The molecule has 0 aliphatic carbocycles. The molecular formula is C20H27N3O2. The number of pyridine rings is 1. The molecule has 0 unspecified atom stereocenters. The molecule has 0 atom stereocenters. The molecule has 3 rings (SSSR count). The first-order chi connectivity index (χ1) is 12.1. The summed E-state index contributed by atoms with van der Waals surface area (Å²) in [7, 11) is 0. The maximum atomic E-state index is 10.2. The summed E-state index contributed by atoms with van der Waals surface area (Å²) in [5.41, 5.74) is 9.68. The highest BCUT2D eigenvalue weighted by Crippen LogP contribution is 2.33. The monoisotopic (exact) mass is 341 g/mol. The van der Waals surface area contributed by atoms with Crippen molar-refractivity contribution >= 4 is 11.4 Å². The second kappa shape index (κ2) is 9.47. The molecule has 1 aromatic carbocycles. The summed E-state index contributed by atoms with van der Waals surface area (Å²) >= 11 is 0. The summed E-state index contributed by atoms with van der Waals surface area (Å²) in [4.78, 5) is 8.53. The van der Waals surface area contributed by atoms with Crippen LogP contribution in [0.3, 0.4) is 0 Å². The minimum Gasteiger partial charge on any atom is -0.507 e. The van der Waals surface area contributed by atoms with Crippen molar-refractivity contribution in [2.75, 3.05) is 6.54 Å². The average Bonchev–Trinajstić information content (AvgIpc) is 2.78. The Kier molecular flexibility index (Phi) is 7.66. The third kappa shape index (κ3) is 4.38. The van der Waals surface area contributed by atoms with Gasteiger partial charge < -0.3 is 15.9 Å². The molecule has 25 heavy (non-hydrogen) atoms. The van der Waals surface area contributed by atoms with E-state index in [1.807, 2.05) is 27.7 Å². The molecule has 0 fully saturated rings. The summed E-state index contributed by atoms with van der Waals surface area (Å²) in [6.45, 7) is 10.2. The Hall–Kier alpha value is -2.82. The van der Waals surface area contributed by atoms with Gasteiger partial charge in [0.1, 0.15) is 11.5 Å². The van der Waals surface area contributed by atoms with Crippen LogP contribution in [0.15, 0.2) is 41.7 Å². The number of aliphatic imine (C=N–C) groups is 1. The molecular weight excluding hydrogens is 314 g/mol. The molecule has 2 aromatic rings. The molecule has 5 nitrogen and oxygen atoms in total. The van der Waals surface area contributed by atoms with Crippen LogP contribution in [0.4, 0.5) is 0 Å². The number of nitrogens with zero attached hydrogens (tertiary/aromatic N) is 2. The third-order valence-electron chi connectivity index (χ3n) is 3.43. The number of fused-ring (bicyclic) bond motifs is 1. The van der Waals surface area contributed by atoms with Gasteiger partial charge in [-0.15, -0.1) is 0 Å². The van der Waals surface area contributed by atoms with E-state index in [1.165, 1.54) is 0 Å². The number of rotatable bonds is 1. The van der Waals surface area contributed by atoms with Crippen LogP contribution in [0, 0.1) is 6.92 Å². The first-order valence-corrected chi connectivity index (χ1v) is 8.55. The molecule has 1 aliphatic heterocycles. The predicted octanol–water partition coefficient (Wildman–Crippen LogP) is 4.00. The lowest BCUT2D eigenvalue weighted by Gasteiger charge is -2.13. The second-order valence-corrected chi connectivity index (χ2v) is 4.95. The van der Waals surface area contributed by atoms with E-state index >= 15 is 0 Å². The highest BCUT2D eigenvalue weighted by atomic mass is 16.3. The summed E-state index contributed by atoms with van der Waals surface area (Å²) in [6.07, 6.45) is 5.08. The Morgan fingerprint density at radius 2 is 1.60 bits per heavy atom. The fourth-order valence-corrected chi connectivity index (χ4v) is 2.47. The van der Waals surface area contributed by atoms with Gasteiger partial charge >= 0.3 is 0 Å². The number of hydrogen-bond donors (Lipinski definition) is 3. The summed E-state index contributed by atoms with van der Waals surface area (Å²) in [6, 6.07) is 4.97. The maximum Gasteiger partial charge on any atom is 0.128 e. The average molecular weight is 341 g/mol. The summed E-state index contributed by atoms with van der Waals surface area (Å²) < 4.78 is 0. The van der Waals surface area contributed by atoms with Gasteiger partial charge in [0.15, 0.2) is 0 Å².